The minimum Gasteiger partial charge on any atom is -0.264 e. The second kappa shape index (κ2) is 3.71. The first-order chi connectivity index (χ1) is 4.84. The van der Waals surface area contributed by atoms with Gasteiger partial charge in [0.15, 0.2) is 0 Å². The van der Waals surface area contributed by atoms with Crippen molar-refractivity contribution in [2.24, 2.45) is 0 Å². The topological polar surface area (TPSA) is 12.9 Å². The molecule has 1 nitrogen and oxygen atoms in total. The molecule has 1 heterocycles. The Morgan fingerprint density at radius 3 is 3.00 bits per heavy atom. The summed E-state index contributed by atoms with van der Waals surface area (Å²) in [6.07, 6.45) is 5.98. The fraction of sp³-hybridized carbons (Fsp3) is 0.375. The summed E-state index contributed by atoms with van der Waals surface area (Å²) in [5.41, 5.74) is 1.34. The van der Waals surface area contributed by atoms with Gasteiger partial charge in [0.1, 0.15) is 0 Å². The highest BCUT2D eigenvalue weighted by molar-refractivity contribution is 9.10. The molecule has 0 N–H and O–H groups in total. The van der Waals surface area contributed by atoms with Gasteiger partial charge in [0.05, 0.1) is 0 Å². The van der Waals surface area contributed by atoms with Crippen molar-refractivity contribution in [3.63, 3.8) is 0 Å². The third-order valence-corrected chi connectivity index (χ3v) is 2.09. The van der Waals surface area contributed by atoms with Gasteiger partial charge in [-0.1, -0.05) is 13.3 Å². The van der Waals surface area contributed by atoms with Crippen LogP contribution in [0.5, 0.6) is 0 Å². The van der Waals surface area contributed by atoms with E-state index in [-0.39, 0.29) is 0 Å². The molecule has 10 heavy (non-hydrogen) atoms. The molecule has 0 radical (unpaired) electrons. The van der Waals surface area contributed by atoms with E-state index in [0.717, 1.165) is 10.9 Å². The van der Waals surface area contributed by atoms with E-state index in [9.17, 15) is 0 Å². The normalized spacial score (nSPS) is 9.80. The Labute approximate surface area is 69.6 Å². The van der Waals surface area contributed by atoms with Crippen LogP contribution in [0.4, 0.5) is 0 Å². The van der Waals surface area contributed by atoms with E-state index in [1.54, 1.807) is 0 Å². The molecule has 0 spiro atoms. The van der Waals surface area contributed by atoms with Crippen LogP contribution in [0, 0.1) is 0 Å². The first kappa shape index (κ1) is 7.73. The molecule has 1 aromatic heterocycles. The van der Waals surface area contributed by atoms with E-state index in [1.165, 1.54) is 12.0 Å². The molecule has 0 aliphatic heterocycles. The van der Waals surface area contributed by atoms with Crippen molar-refractivity contribution in [3.05, 3.63) is 28.5 Å². The highest BCUT2D eigenvalue weighted by Crippen LogP contribution is 2.15. The van der Waals surface area contributed by atoms with E-state index in [2.05, 4.69) is 27.8 Å². The first-order valence-electron chi connectivity index (χ1n) is 3.43. The number of pyridine rings is 1. The van der Waals surface area contributed by atoms with Crippen LogP contribution in [0.1, 0.15) is 18.9 Å². The van der Waals surface area contributed by atoms with Crippen molar-refractivity contribution >= 4 is 15.9 Å². The summed E-state index contributed by atoms with van der Waals surface area (Å²) in [5, 5.41) is 0. The number of aryl methyl sites for hydroxylation is 1. The monoisotopic (exact) mass is 199 g/mol. The van der Waals surface area contributed by atoms with Crippen molar-refractivity contribution in [3.8, 4) is 0 Å². The van der Waals surface area contributed by atoms with Gasteiger partial charge in [0.2, 0.25) is 0 Å². The number of nitrogens with zero attached hydrogens (tertiary/aromatic N) is 1. The van der Waals surface area contributed by atoms with Gasteiger partial charge in [0.25, 0.3) is 0 Å². The number of rotatable bonds is 2. The van der Waals surface area contributed by atoms with Gasteiger partial charge in [-0.3, -0.25) is 4.98 Å². The number of hydrogen-bond acceptors (Lipinski definition) is 1. The molecule has 1 rings (SSSR count). The molecule has 0 amide bonds. The van der Waals surface area contributed by atoms with Crippen molar-refractivity contribution in [2.45, 2.75) is 19.8 Å². The molecule has 0 aromatic carbocycles. The predicted octanol–water partition coefficient (Wildman–Crippen LogP) is 2.80. The smallest absolute Gasteiger partial charge is 0.0412 e. The van der Waals surface area contributed by atoms with Crippen molar-refractivity contribution < 1.29 is 0 Å². The molecule has 0 aliphatic carbocycles. The van der Waals surface area contributed by atoms with Gasteiger partial charge in [-0.05, 0) is 34.0 Å². The van der Waals surface area contributed by atoms with Gasteiger partial charge in [-0.2, -0.15) is 0 Å². The van der Waals surface area contributed by atoms with E-state index < -0.39 is 0 Å². The summed E-state index contributed by atoms with van der Waals surface area (Å²) in [7, 11) is 0. The zero-order valence-corrected chi connectivity index (χ0v) is 7.56. The molecular formula is C8H10BrN. The van der Waals surface area contributed by atoms with Crippen molar-refractivity contribution in [1.29, 1.82) is 0 Å². The summed E-state index contributed by atoms with van der Waals surface area (Å²) in [5.74, 6) is 0. The Bertz CT molecular complexity index is 210. The van der Waals surface area contributed by atoms with Crippen molar-refractivity contribution in [1.82, 2.24) is 4.98 Å². The quantitative estimate of drug-likeness (QED) is 0.715. The maximum absolute atomic E-state index is 3.98. The highest BCUT2D eigenvalue weighted by Gasteiger charge is 1.95. The summed E-state index contributed by atoms with van der Waals surface area (Å²) < 4.78 is 1.12. The average molecular weight is 200 g/mol. The summed E-state index contributed by atoms with van der Waals surface area (Å²) in [4.78, 5) is 3.98. The van der Waals surface area contributed by atoms with Crippen LogP contribution < -0.4 is 0 Å². The van der Waals surface area contributed by atoms with Gasteiger partial charge in [-0.15, -0.1) is 0 Å². The Hall–Kier alpha value is -0.370. The molecule has 0 fully saturated rings. The Kier molecular flexibility index (Phi) is 2.87. The van der Waals surface area contributed by atoms with Crippen LogP contribution in [0.15, 0.2) is 22.9 Å². The van der Waals surface area contributed by atoms with Gasteiger partial charge in [-0.25, -0.2) is 0 Å². The maximum atomic E-state index is 3.98. The molecule has 54 valence electrons. The lowest BCUT2D eigenvalue weighted by Crippen LogP contribution is -1.84. The van der Waals surface area contributed by atoms with E-state index in [0.29, 0.717) is 0 Å². The zero-order chi connectivity index (χ0) is 7.40. The van der Waals surface area contributed by atoms with Gasteiger partial charge < -0.3 is 0 Å². The molecule has 0 saturated carbocycles. The van der Waals surface area contributed by atoms with Crippen LogP contribution in [-0.2, 0) is 6.42 Å². The molecule has 0 atom stereocenters. The average Bonchev–Trinajstić information content (AvgIpc) is 1.94. The SMILES string of the molecule is CCCc1ccncc1Br. The Morgan fingerprint density at radius 2 is 2.40 bits per heavy atom. The molecule has 1 aromatic rings. The van der Waals surface area contributed by atoms with E-state index in [4.69, 9.17) is 0 Å². The zero-order valence-electron chi connectivity index (χ0n) is 5.97. The summed E-state index contributed by atoms with van der Waals surface area (Å²) in [6.45, 7) is 2.17. The molecule has 0 saturated heterocycles. The summed E-state index contributed by atoms with van der Waals surface area (Å²) >= 11 is 3.43. The fourth-order valence-corrected chi connectivity index (χ4v) is 1.32. The molecule has 2 heteroatoms. The predicted molar refractivity (Wildman–Crippen MR) is 45.9 cm³/mol. The number of halogens is 1. The van der Waals surface area contributed by atoms with E-state index >= 15 is 0 Å². The standard InChI is InChI=1S/C8H10BrN/c1-2-3-7-4-5-10-6-8(7)9/h4-6H,2-3H2,1H3. The molecular weight excluding hydrogens is 190 g/mol. The van der Waals surface area contributed by atoms with Crippen LogP contribution in [0.25, 0.3) is 0 Å². The Balaban J connectivity index is 2.81. The molecule has 0 unspecified atom stereocenters. The minimum atomic E-state index is 1.12. The van der Waals surface area contributed by atoms with E-state index in [1.807, 2.05) is 18.5 Å². The largest absolute Gasteiger partial charge is 0.264 e. The minimum absolute atomic E-state index is 1.12. The van der Waals surface area contributed by atoms with Crippen LogP contribution in [-0.4, -0.2) is 4.98 Å². The van der Waals surface area contributed by atoms with Gasteiger partial charge in [0, 0.05) is 16.9 Å². The summed E-state index contributed by atoms with van der Waals surface area (Å²) in [6, 6.07) is 2.05. The second-order valence-corrected chi connectivity index (χ2v) is 3.07. The highest BCUT2D eigenvalue weighted by atomic mass is 79.9. The number of aromatic nitrogens is 1. The lowest BCUT2D eigenvalue weighted by atomic mass is 10.2. The number of hydrogen-bond donors (Lipinski definition) is 0. The molecule has 0 bridgehead atoms. The van der Waals surface area contributed by atoms with Crippen LogP contribution in [0.3, 0.4) is 0 Å². The Morgan fingerprint density at radius 1 is 1.60 bits per heavy atom. The molecule has 0 aliphatic rings. The third kappa shape index (κ3) is 1.81. The lowest BCUT2D eigenvalue weighted by molar-refractivity contribution is 0.912. The van der Waals surface area contributed by atoms with Crippen molar-refractivity contribution in [2.75, 3.05) is 0 Å². The first-order valence-corrected chi connectivity index (χ1v) is 4.22. The fourth-order valence-electron chi connectivity index (χ4n) is 0.876. The lowest BCUT2D eigenvalue weighted by Gasteiger charge is -1.98. The second-order valence-electron chi connectivity index (χ2n) is 2.22. The maximum Gasteiger partial charge on any atom is 0.0412 e. The van der Waals surface area contributed by atoms with Crippen LogP contribution >= 0.6 is 15.9 Å². The third-order valence-electron chi connectivity index (χ3n) is 1.38. The van der Waals surface area contributed by atoms with Crippen LogP contribution in [0.2, 0.25) is 0 Å². The van der Waals surface area contributed by atoms with Gasteiger partial charge >= 0.3 is 0 Å².